The first kappa shape index (κ1) is 13.1. The van der Waals surface area contributed by atoms with Crippen LogP contribution in [0, 0.1) is 0 Å². The van der Waals surface area contributed by atoms with Crippen LogP contribution in [0.3, 0.4) is 0 Å². The summed E-state index contributed by atoms with van der Waals surface area (Å²) in [5.41, 5.74) is 0.867. The number of phenols is 1. The van der Waals surface area contributed by atoms with E-state index >= 15 is 0 Å². The number of rotatable bonds is 2. The summed E-state index contributed by atoms with van der Waals surface area (Å²) in [5, 5.41) is 12.4. The number of carbonyl (C=O) groups excluding carboxylic acids is 1. The SMILES string of the molecule is O=C(Nc1ccccc1Br)c1c(O)cccc1Br. The number of hydrogen-bond donors (Lipinski definition) is 2. The molecule has 0 aromatic heterocycles. The molecule has 18 heavy (non-hydrogen) atoms. The zero-order valence-corrected chi connectivity index (χ0v) is 12.3. The number of para-hydroxylation sites is 1. The summed E-state index contributed by atoms with van der Waals surface area (Å²) < 4.78 is 1.33. The van der Waals surface area contributed by atoms with Gasteiger partial charge in [-0.2, -0.15) is 0 Å². The summed E-state index contributed by atoms with van der Waals surface area (Å²) >= 11 is 6.59. The minimum absolute atomic E-state index is 0.0612. The second-order valence-corrected chi connectivity index (χ2v) is 5.28. The van der Waals surface area contributed by atoms with Gasteiger partial charge < -0.3 is 10.4 Å². The van der Waals surface area contributed by atoms with Gasteiger partial charge in [0.05, 0.1) is 11.3 Å². The molecule has 0 fully saturated rings. The highest BCUT2D eigenvalue weighted by Gasteiger charge is 2.15. The number of hydrogen-bond acceptors (Lipinski definition) is 2. The van der Waals surface area contributed by atoms with Gasteiger partial charge in [0, 0.05) is 8.95 Å². The molecule has 0 aliphatic rings. The van der Waals surface area contributed by atoms with Crippen molar-refractivity contribution in [1.29, 1.82) is 0 Å². The number of nitrogens with one attached hydrogen (secondary N) is 1. The summed E-state index contributed by atoms with van der Waals surface area (Å²) in [4.78, 5) is 12.1. The number of halogens is 2. The van der Waals surface area contributed by atoms with Crippen LogP contribution in [0.25, 0.3) is 0 Å². The Morgan fingerprint density at radius 1 is 1.00 bits per heavy atom. The van der Waals surface area contributed by atoms with Gasteiger partial charge in [0.1, 0.15) is 5.75 Å². The molecule has 92 valence electrons. The Labute approximate surface area is 121 Å². The van der Waals surface area contributed by atoms with E-state index in [4.69, 9.17) is 0 Å². The van der Waals surface area contributed by atoms with E-state index in [1.807, 2.05) is 18.2 Å². The van der Waals surface area contributed by atoms with Crippen molar-refractivity contribution < 1.29 is 9.90 Å². The summed E-state index contributed by atoms with van der Waals surface area (Å²) in [7, 11) is 0. The Kier molecular flexibility index (Phi) is 4.04. The molecule has 1 amide bonds. The number of anilines is 1. The van der Waals surface area contributed by atoms with Gasteiger partial charge in [-0.1, -0.05) is 18.2 Å². The predicted octanol–water partition coefficient (Wildman–Crippen LogP) is 4.17. The van der Waals surface area contributed by atoms with Crippen molar-refractivity contribution in [2.24, 2.45) is 0 Å². The fraction of sp³-hybridized carbons (Fsp3) is 0. The molecule has 2 rings (SSSR count). The summed E-state index contributed by atoms with van der Waals surface area (Å²) in [6.45, 7) is 0. The Balaban J connectivity index is 2.31. The lowest BCUT2D eigenvalue weighted by Crippen LogP contribution is -2.13. The fourth-order valence-corrected chi connectivity index (χ4v) is 2.40. The third-order valence-corrected chi connectivity index (χ3v) is 3.69. The number of benzene rings is 2. The van der Waals surface area contributed by atoms with E-state index in [1.54, 1.807) is 18.2 Å². The summed E-state index contributed by atoms with van der Waals surface area (Å²) in [6, 6.07) is 12.1. The van der Waals surface area contributed by atoms with Crippen LogP contribution in [-0.2, 0) is 0 Å². The third-order valence-electron chi connectivity index (χ3n) is 2.34. The van der Waals surface area contributed by atoms with Crippen LogP contribution in [0.15, 0.2) is 51.4 Å². The second-order valence-electron chi connectivity index (χ2n) is 3.57. The zero-order valence-electron chi connectivity index (χ0n) is 9.15. The van der Waals surface area contributed by atoms with Crippen LogP contribution < -0.4 is 5.32 Å². The summed E-state index contributed by atoms with van der Waals surface area (Å²) in [6.07, 6.45) is 0. The average molecular weight is 371 g/mol. The monoisotopic (exact) mass is 369 g/mol. The van der Waals surface area contributed by atoms with Gasteiger partial charge in [0.25, 0.3) is 5.91 Å². The van der Waals surface area contributed by atoms with Gasteiger partial charge in [-0.3, -0.25) is 4.79 Å². The van der Waals surface area contributed by atoms with Crippen LogP contribution in [0.1, 0.15) is 10.4 Å². The van der Waals surface area contributed by atoms with Crippen molar-refractivity contribution in [3.05, 3.63) is 57.0 Å². The smallest absolute Gasteiger partial charge is 0.260 e. The Bertz CT molecular complexity index is 579. The first-order valence-corrected chi connectivity index (χ1v) is 6.71. The molecule has 0 bridgehead atoms. The Morgan fingerprint density at radius 2 is 1.67 bits per heavy atom. The maximum Gasteiger partial charge on any atom is 0.260 e. The quantitative estimate of drug-likeness (QED) is 0.833. The van der Waals surface area contributed by atoms with Crippen molar-refractivity contribution in [3.63, 3.8) is 0 Å². The molecule has 0 radical (unpaired) electrons. The highest BCUT2D eigenvalue weighted by molar-refractivity contribution is 9.11. The Morgan fingerprint density at radius 3 is 2.33 bits per heavy atom. The van der Waals surface area contributed by atoms with E-state index < -0.39 is 0 Å². The second kappa shape index (κ2) is 5.54. The highest BCUT2D eigenvalue weighted by atomic mass is 79.9. The molecular formula is C13H9Br2NO2. The lowest BCUT2D eigenvalue weighted by molar-refractivity contribution is 0.102. The van der Waals surface area contributed by atoms with E-state index in [0.29, 0.717) is 10.2 Å². The molecule has 2 N–H and O–H groups in total. The van der Waals surface area contributed by atoms with E-state index in [1.165, 1.54) is 6.07 Å². The number of carbonyl (C=O) groups is 1. The molecule has 0 heterocycles. The van der Waals surface area contributed by atoms with Gasteiger partial charge in [-0.15, -0.1) is 0 Å². The first-order valence-electron chi connectivity index (χ1n) is 5.13. The molecule has 0 saturated carbocycles. The van der Waals surface area contributed by atoms with Crippen LogP contribution in [-0.4, -0.2) is 11.0 Å². The minimum Gasteiger partial charge on any atom is -0.507 e. The first-order chi connectivity index (χ1) is 8.59. The molecule has 5 heteroatoms. The maximum atomic E-state index is 12.1. The molecule has 2 aromatic carbocycles. The van der Waals surface area contributed by atoms with Crippen molar-refractivity contribution in [3.8, 4) is 5.75 Å². The lowest BCUT2D eigenvalue weighted by atomic mass is 10.2. The van der Waals surface area contributed by atoms with E-state index in [2.05, 4.69) is 37.2 Å². The van der Waals surface area contributed by atoms with Crippen molar-refractivity contribution >= 4 is 43.5 Å². The molecule has 3 nitrogen and oxygen atoms in total. The van der Waals surface area contributed by atoms with E-state index in [-0.39, 0.29) is 17.2 Å². The van der Waals surface area contributed by atoms with E-state index in [0.717, 1.165) is 4.47 Å². The van der Waals surface area contributed by atoms with Crippen LogP contribution in [0.5, 0.6) is 5.75 Å². The lowest BCUT2D eigenvalue weighted by Gasteiger charge is -2.09. The molecule has 0 atom stereocenters. The van der Waals surface area contributed by atoms with Gasteiger partial charge in [0.15, 0.2) is 0 Å². The summed E-state index contributed by atoms with van der Waals surface area (Å²) in [5.74, 6) is -0.430. The molecular weight excluding hydrogens is 362 g/mol. The zero-order chi connectivity index (χ0) is 13.1. The van der Waals surface area contributed by atoms with Crippen LogP contribution in [0.4, 0.5) is 5.69 Å². The van der Waals surface area contributed by atoms with Crippen molar-refractivity contribution in [2.75, 3.05) is 5.32 Å². The number of amides is 1. The molecule has 0 saturated heterocycles. The van der Waals surface area contributed by atoms with Gasteiger partial charge in [-0.05, 0) is 56.1 Å². The number of aromatic hydroxyl groups is 1. The topological polar surface area (TPSA) is 49.3 Å². The fourth-order valence-electron chi connectivity index (χ4n) is 1.48. The normalized spacial score (nSPS) is 10.1. The largest absolute Gasteiger partial charge is 0.507 e. The predicted molar refractivity (Wildman–Crippen MR) is 77.9 cm³/mol. The molecule has 2 aromatic rings. The number of phenolic OH excluding ortho intramolecular Hbond substituents is 1. The minimum atomic E-state index is -0.369. The average Bonchev–Trinajstić information content (AvgIpc) is 2.32. The standard InChI is InChI=1S/C13H9Br2NO2/c14-8-4-1-2-6-10(8)16-13(18)12-9(15)5-3-7-11(12)17/h1-7,17H,(H,16,18). The molecule has 0 aliphatic heterocycles. The van der Waals surface area contributed by atoms with Crippen molar-refractivity contribution in [2.45, 2.75) is 0 Å². The van der Waals surface area contributed by atoms with Gasteiger partial charge in [-0.25, -0.2) is 0 Å². The van der Waals surface area contributed by atoms with Crippen LogP contribution >= 0.6 is 31.9 Å². The van der Waals surface area contributed by atoms with Gasteiger partial charge >= 0.3 is 0 Å². The highest BCUT2D eigenvalue weighted by Crippen LogP contribution is 2.28. The van der Waals surface area contributed by atoms with Crippen molar-refractivity contribution in [1.82, 2.24) is 0 Å². The maximum absolute atomic E-state index is 12.1. The molecule has 0 unspecified atom stereocenters. The van der Waals surface area contributed by atoms with Gasteiger partial charge in [0.2, 0.25) is 0 Å². The Hall–Kier alpha value is -1.33. The van der Waals surface area contributed by atoms with E-state index in [9.17, 15) is 9.90 Å². The molecule has 0 spiro atoms. The van der Waals surface area contributed by atoms with Crippen LogP contribution in [0.2, 0.25) is 0 Å². The molecule has 0 aliphatic carbocycles. The third kappa shape index (κ3) is 2.73.